The molecule has 1 fully saturated rings. The molecular formula is C16H16ClF2N5OS. The van der Waals surface area contributed by atoms with E-state index in [4.69, 9.17) is 0 Å². The average Bonchev–Trinajstić information content (AvgIpc) is 3.24. The van der Waals surface area contributed by atoms with Crippen LogP contribution in [0.25, 0.3) is 22.3 Å². The summed E-state index contributed by atoms with van der Waals surface area (Å²) in [5.41, 5.74) is 2.39. The number of anilines is 1. The maximum Gasteiger partial charge on any atom is 0.262 e. The Morgan fingerprint density at radius 1 is 1.46 bits per heavy atom. The lowest BCUT2D eigenvalue weighted by molar-refractivity contribution is -0.118. The quantitative estimate of drug-likeness (QED) is 0.630. The number of nitrogens with one attached hydrogen (secondary N) is 3. The van der Waals surface area contributed by atoms with Crippen LogP contribution in [0.2, 0.25) is 0 Å². The molecule has 0 saturated carbocycles. The minimum Gasteiger partial charge on any atom is -0.345 e. The van der Waals surface area contributed by atoms with E-state index in [2.05, 4.69) is 25.6 Å². The largest absolute Gasteiger partial charge is 0.345 e. The topological polar surface area (TPSA) is 82.7 Å². The third kappa shape index (κ3) is 3.42. The number of hydrogen-bond acceptors (Lipinski definition) is 5. The molecule has 3 N–H and O–H groups in total. The molecule has 4 rings (SSSR count). The van der Waals surface area contributed by atoms with E-state index in [-0.39, 0.29) is 12.4 Å². The highest BCUT2D eigenvalue weighted by molar-refractivity contribution is 7.16. The first-order valence-electron chi connectivity index (χ1n) is 7.75. The van der Waals surface area contributed by atoms with Gasteiger partial charge in [-0.3, -0.25) is 10.1 Å². The third-order valence-electron chi connectivity index (χ3n) is 4.16. The molecule has 1 atom stereocenters. The standard InChI is InChI=1S/C16H15F2N5OS.ClH/c1-8-12(10-6-20-13-9(10)3-2-4-19-13)22-15(25-8)23-14(24)11-5-16(17,18)7-21-11;/h2-4,6,11,21H,5,7H2,1H3,(H,19,20)(H,22,23,24);1H. The summed E-state index contributed by atoms with van der Waals surface area (Å²) in [7, 11) is 0. The van der Waals surface area contributed by atoms with Crippen molar-refractivity contribution in [2.24, 2.45) is 0 Å². The number of aromatic amines is 1. The van der Waals surface area contributed by atoms with Crippen molar-refractivity contribution in [1.82, 2.24) is 20.3 Å². The number of pyridine rings is 1. The van der Waals surface area contributed by atoms with Crippen LogP contribution in [-0.4, -0.2) is 39.4 Å². The molecule has 6 nitrogen and oxygen atoms in total. The van der Waals surface area contributed by atoms with Gasteiger partial charge in [0.15, 0.2) is 5.13 Å². The zero-order valence-corrected chi connectivity index (χ0v) is 15.3. The molecular weight excluding hydrogens is 384 g/mol. The SMILES string of the molecule is Cc1sc(NC(=O)C2CC(F)(F)CN2)nc1-c1c[nH]c2ncccc12.Cl. The average molecular weight is 400 g/mol. The van der Waals surface area contributed by atoms with Crippen molar-refractivity contribution >= 4 is 45.8 Å². The number of aryl methyl sites for hydroxylation is 1. The summed E-state index contributed by atoms with van der Waals surface area (Å²) in [5, 5.41) is 6.51. The summed E-state index contributed by atoms with van der Waals surface area (Å²) in [6.07, 6.45) is 3.03. The third-order valence-corrected chi connectivity index (χ3v) is 5.05. The summed E-state index contributed by atoms with van der Waals surface area (Å²) in [5.74, 6) is -3.33. The van der Waals surface area contributed by atoms with Gasteiger partial charge < -0.3 is 10.3 Å². The van der Waals surface area contributed by atoms with E-state index >= 15 is 0 Å². The van der Waals surface area contributed by atoms with Gasteiger partial charge in [-0.25, -0.2) is 18.7 Å². The number of alkyl halides is 2. The van der Waals surface area contributed by atoms with E-state index < -0.39 is 30.8 Å². The van der Waals surface area contributed by atoms with Gasteiger partial charge in [0, 0.05) is 34.6 Å². The Morgan fingerprint density at radius 3 is 3.00 bits per heavy atom. The number of rotatable bonds is 3. The minimum atomic E-state index is -2.84. The van der Waals surface area contributed by atoms with Crippen LogP contribution >= 0.6 is 23.7 Å². The normalized spacial score (nSPS) is 18.7. The van der Waals surface area contributed by atoms with Gasteiger partial charge >= 0.3 is 0 Å². The fraction of sp³-hybridized carbons (Fsp3) is 0.312. The molecule has 0 aliphatic carbocycles. The summed E-state index contributed by atoms with van der Waals surface area (Å²) in [6.45, 7) is 1.43. The van der Waals surface area contributed by atoms with Crippen LogP contribution in [0.15, 0.2) is 24.5 Å². The lowest BCUT2D eigenvalue weighted by Gasteiger charge is -2.09. The van der Waals surface area contributed by atoms with Crippen molar-refractivity contribution in [3.05, 3.63) is 29.4 Å². The first-order chi connectivity index (χ1) is 11.9. The second kappa shape index (κ2) is 6.90. The molecule has 1 saturated heterocycles. The van der Waals surface area contributed by atoms with Gasteiger partial charge in [-0.2, -0.15) is 0 Å². The van der Waals surface area contributed by atoms with Crippen LogP contribution in [0.3, 0.4) is 0 Å². The molecule has 3 aromatic rings. The summed E-state index contributed by atoms with van der Waals surface area (Å²) < 4.78 is 26.5. The van der Waals surface area contributed by atoms with Gasteiger partial charge in [-0.1, -0.05) is 0 Å². The number of H-pyrrole nitrogens is 1. The molecule has 10 heteroatoms. The van der Waals surface area contributed by atoms with Crippen molar-refractivity contribution in [1.29, 1.82) is 0 Å². The highest BCUT2D eigenvalue weighted by Crippen LogP contribution is 2.34. The first kappa shape index (κ1) is 18.7. The number of hydrogen-bond donors (Lipinski definition) is 3. The number of aromatic nitrogens is 3. The predicted molar refractivity (Wildman–Crippen MR) is 99.2 cm³/mol. The number of halogens is 3. The molecule has 4 heterocycles. The maximum absolute atomic E-state index is 13.2. The fourth-order valence-corrected chi connectivity index (χ4v) is 3.78. The smallest absolute Gasteiger partial charge is 0.262 e. The number of nitrogens with zero attached hydrogens (tertiary/aromatic N) is 2. The Morgan fingerprint density at radius 2 is 2.27 bits per heavy atom. The number of carbonyl (C=O) groups is 1. The van der Waals surface area contributed by atoms with Crippen LogP contribution in [0.1, 0.15) is 11.3 Å². The fourth-order valence-electron chi connectivity index (χ4n) is 2.95. The first-order valence-corrected chi connectivity index (χ1v) is 8.56. The van der Waals surface area contributed by atoms with E-state index in [0.29, 0.717) is 5.13 Å². The molecule has 138 valence electrons. The lowest BCUT2D eigenvalue weighted by atomic mass is 10.1. The Kier molecular flexibility index (Phi) is 4.96. The summed E-state index contributed by atoms with van der Waals surface area (Å²) in [6, 6.07) is 2.88. The van der Waals surface area contributed by atoms with Crippen molar-refractivity contribution < 1.29 is 13.6 Å². The number of carbonyl (C=O) groups excluding carboxylic acids is 1. The molecule has 1 unspecified atom stereocenters. The zero-order valence-electron chi connectivity index (χ0n) is 13.7. The molecule has 26 heavy (non-hydrogen) atoms. The van der Waals surface area contributed by atoms with E-state index in [1.165, 1.54) is 11.3 Å². The Hall–Kier alpha value is -2.10. The van der Waals surface area contributed by atoms with Crippen molar-refractivity contribution in [2.75, 3.05) is 11.9 Å². The molecule has 0 bridgehead atoms. The van der Waals surface area contributed by atoms with E-state index in [0.717, 1.165) is 27.2 Å². The van der Waals surface area contributed by atoms with E-state index in [1.54, 1.807) is 6.20 Å². The van der Waals surface area contributed by atoms with Crippen LogP contribution < -0.4 is 10.6 Å². The summed E-state index contributed by atoms with van der Waals surface area (Å²) in [4.78, 5) is 24.9. The Labute approximate surface area is 157 Å². The van der Waals surface area contributed by atoms with Crippen LogP contribution in [0.5, 0.6) is 0 Å². The molecule has 1 amide bonds. The number of fused-ring (bicyclic) bond motifs is 1. The van der Waals surface area contributed by atoms with Crippen molar-refractivity contribution in [2.45, 2.75) is 25.3 Å². The Balaban J connectivity index is 0.00000196. The maximum atomic E-state index is 13.2. The van der Waals surface area contributed by atoms with Gasteiger partial charge in [0.2, 0.25) is 5.91 Å². The Bertz CT molecular complexity index is 957. The molecule has 1 aliphatic rings. The molecule has 0 aromatic carbocycles. The van der Waals surface area contributed by atoms with Gasteiger partial charge in [0.05, 0.1) is 18.3 Å². The van der Waals surface area contributed by atoms with Crippen LogP contribution in [0, 0.1) is 6.92 Å². The van der Waals surface area contributed by atoms with E-state index in [1.807, 2.05) is 25.3 Å². The molecule has 0 spiro atoms. The van der Waals surface area contributed by atoms with Crippen LogP contribution in [0.4, 0.5) is 13.9 Å². The summed E-state index contributed by atoms with van der Waals surface area (Å²) >= 11 is 1.32. The highest BCUT2D eigenvalue weighted by Gasteiger charge is 2.42. The molecule has 3 aromatic heterocycles. The van der Waals surface area contributed by atoms with Crippen molar-refractivity contribution in [3.8, 4) is 11.3 Å². The minimum absolute atomic E-state index is 0. The highest BCUT2D eigenvalue weighted by atomic mass is 35.5. The number of amides is 1. The van der Waals surface area contributed by atoms with Gasteiger partial charge in [-0.15, -0.1) is 23.7 Å². The van der Waals surface area contributed by atoms with E-state index in [9.17, 15) is 13.6 Å². The predicted octanol–water partition coefficient (Wildman–Crippen LogP) is 3.35. The van der Waals surface area contributed by atoms with Gasteiger partial charge in [0.1, 0.15) is 5.65 Å². The second-order valence-electron chi connectivity index (χ2n) is 6.01. The lowest BCUT2D eigenvalue weighted by Crippen LogP contribution is -2.35. The monoisotopic (exact) mass is 399 g/mol. The zero-order chi connectivity index (χ0) is 17.6. The van der Waals surface area contributed by atoms with Gasteiger partial charge in [-0.05, 0) is 19.1 Å². The molecule has 0 radical (unpaired) electrons. The van der Waals surface area contributed by atoms with Gasteiger partial charge in [0.25, 0.3) is 5.92 Å². The second-order valence-corrected chi connectivity index (χ2v) is 7.21. The molecule has 1 aliphatic heterocycles. The van der Waals surface area contributed by atoms with Crippen molar-refractivity contribution in [3.63, 3.8) is 0 Å². The number of thiazole rings is 1. The van der Waals surface area contributed by atoms with Crippen LogP contribution in [-0.2, 0) is 4.79 Å².